The Morgan fingerprint density at radius 1 is 0.900 bits per heavy atom. The highest BCUT2D eigenvalue weighted by molar-refractivity contribution is 5.51. The van der Waals surface area contributed by atoms with Gasteiger partial charge in [-0.25, -0.2) is 4.68 Å². The first-order chi connectivity index (χ1) is 9.07. The summed E-state index contributed by atoms with van der Waals surface area (Å²) in [5.74, 6) is 0. The number of alkyl halides is 6. The molecule has 2 N–H and O–H groups in total. The molecule has 0 amide bonds. The van der Waals surface area contributed by atoms with Crippen LogP contribution >= 0.6 is 0 Å². The number of anilines is 1. The van der Waals surface area contributed by atoms with E-state index in [1.165, 1.54) is 0 Å². The summed E-state index contributed by atoms with van der Waals surface area (Å²) in [6, 6.07) is 2.46. The topological polar surface area (TPSA) is 43.8 Å². The van der Waals surface area contributed by atoms with Gasteiger partial charge in [0.25, 0.3) is 0 Å². The van der Waals surface area contributed by atoms with Crippen molar-refractivity contribution in [3.05, 3.63) is 41.7 Å². The zero-order valence-electron chi connectivity index (χ0n) is 9.63. The molecule has 20 heavy (non-hydrogen) atoms. The third-order valence-corrected chi connectivity index (χ3v) is 2.44. The van der Waals surface area contributed by atoms with Gasteiger partial charge < -0.3 is 5.73 Å². The van der Waals surface area contributed by atoms with E-state index >= 15 is 0 Å². The van der Waals surface area contributed by atoms with E-state index in [1.54, 1.807) is 0 Å². The van der Waals surface area contributed by atoms with E-state index in [2.05, 4.69) is 5.10 Å². The lowest BCUT2D eigenvalue weighted by atomic mass is 10.1. The van der Waals surface area contributed by atoms with E-state index in [4.69, 9.17) is 5.73 Å². The number of nitrogens with two attached hydrogens (primary N) is 1. The van der Waals surface area contributed by atoms with Crippen LogP contribution < -0.4 is 5.73 Å². The largest absolute Gasteiger partial charge is 0.419 e. The Morgan fingerprint density at radius 3 is 2.00 bits per heavy atom. The lowest BCUT2D eigenvalue weighted by molar-refractivity contribution is -0.138. The second-order valence-electron chi connectivity index (χ2n) is 3.98. The van der Waals surface area contributed by atoms with Crippen LogP contribution in [0.2, 0.25) is 0 Å². The molecule has 0 saturated carbocycles. The quantitative estimate of drug-likeness (QED) is 0.646. The minimum absolute atomic E-state index is 0.201. The fourth-order valence-electron chi connectivity index (χ4n) is 1.54. The summed E-state index contributed by atoms with van der Waals surface area (Å²) in [7, 11) is 0. The van der Waals surface area contributed by atoms with E-state index in [-0.39, 0.29) is 11.4 Å². The molecule has 0 bridgehead atoms. The molecule has 0 saturated heterocycles. The molecule has 0 aliphatic carbocycles. The third-order valence-electron chi connectivity index (χ3n) is 2.44. The molecule has 1 aromatic heterocycles. The van der Waals surface area contributed by atoms with Crippen molar-refractivity contribution < 1.29 is 26.3 Å². The maximum atomic E-state index is 12.6. The number of nitrogens with zero attached hydrogens (tertiary/aromatic N) is 2. The molecule has 2 aromatic rings. The Kier molecular flexibility index (Phi) is 3.15. The second-order valence-corrected chi connectivity index (χ2v) is 3.98. The van der Waals surface area contributed by atoms with Gasteiger partial charge in [-0.15, -0.1) is 0 Å². The van der Waals surface area contributed by atoms with Crippen molar-refractivity contribution in [3.8, 4) is 5.69 Å². The maximum Gasteiger partial charge on any atom is 0.419 e. The molecular weight excluding hydrogens is 288 g/mol. The molecule has 108 valence electrons. The van der Waals surface area contributed by atoms with Crippen LogP contribution in [-0.4, -0.2) is 9.78 Å². The van der Waals surface area contributed by atoms with Crippen molar-refractivity contribution in [1.82, 2.24) is 9.78 Å². The molecule has 0 aliphatic heterocycles. The molecular formula is C11H7F6N3. The van der Waals surface area contributed by atoms with Gasteiger partial charge in [-0.1, -0.05) is 0 Å². The lowest BCUT2D eigenvalue weighted by Crippen LogP contribution is -2.08. The summed E-state index contributed by atoms with van der Waals surface area (Å²) in [5.41, 5.74) is 2.78. The van der Waals surface area contributed by atoms with Crippen molar-refractivity contribution in [1.29, 1.82) is 0 Å². The Morgan fingerprint density at radius 2 is 1.50 bits per heavy atom. The monoisotopic (exact) mass is 295 g/mol. The first kappa shape index (κ1) is 14.2. The Labute approximate surface area is 108 Å². The highest BCUT2D eigenvalue weighted by atomic mass is 19.4. The predicted octanol–water partition coefficient (Wildman–Crippen LogP) is 3.49. The van der Waals surface area contributed by atoms with Crippen LogP contribution in [0, 0.1) is 0 Å². The van der Waals surface area contributed by atoms with Crippen LogP contribution in [-0.2, 0) is 12.4 Å². The van der Waals surface area contributed by atoms with Gasteiger partial charge in [-0.2, -0.15) is 31.4 Å². The van der Waals surface area contributed by atoms with E-state index in [1.807, 2.05) is 0 Å². The molecule has 1 heterocycles. The molecule has 1 aromatic carbocycles. The zero-order valence-corrected chi connectivity index (χ0v) is 9.63. The van der Waals surface area contributed by atoms with Crippen LogP contribution in [0.5, 0.6) is 0 Å². The number of hydrogen-bond acceptors (Lipinski definition) is 2. The number of halogens is 6. The van der Waals surface area contributed by atoms with Crippen molar-refractivity contribution in [2.45, 2.75) is 12.4 Å². The highest BCUT2D eigenvalue weighted by Gasteiger charge is 2.33. The SMILES string of the molecule is Nc1cc(-n2cc(C(F)(F)F)cn2)cc(C(F)(F)F)c1. The van der Waals surface area contributed by atoms with Gasteiger partial charge in [0.15, 0.2) is 0 Å². The number of aromatic nitrogens is 2. The normalized spacial score (nSPS) is 12.7. The molecule has 9 heteroatoms. The maximum absolute atomic E-state index is 12.6. The fourth-order valence-corrected chi connectivity index (χ4v) is 1.54. The standard InChI is InChI=1S/C11H7F6N3/c12-10(13,14)6-1-8(18)3-9(2-6)20-5-7(4-19-20)11(15,16)17/h1-5H,18H2. The van der Waals surface area contributed by atoms with Gasteiger partial charge in [-0.05, 0) is 18.2 Å². The van der Waals surface area contributed by atoms with Crippen LogP contribution in [0.15, 0.2) is 30.6 Å². The molecule has 0 unspecified atom stereocenters. The van der Waals surface area contributed by atoms with Crippen molar-refractivity contribution >= 4 is 5.69 Å². The number of hydrogen-bond donors (Lipinski definition) is 1. The predicted molar refractivity (Wildman–Crippen MR) is 58.0 cm³/mol. The fraction of sp³-hybridized carbons (Fsp3) is 0.182. The van der Waals surface area contributed by atoms with Gasteiger partial charge in [0.05, 0.1) is 23.0 Å². The van der Waals surface area contributed by atoms with Gasteiger partial charge >= 0.3 is 12.4 Å². The van der Waals surface area contributed by atoms with Gasteiger partial charge in [0, 0.05) is 11.9 Å². The van der Waals surface area contributed by atoms with Crippen molar-refractivity contribution in [2.24, 2.45) is 0 Å². The summed E-state index contributed by atoms with van der Waals surface area (Å²) in [4.78, 5) is 0. The Hall–Kier alpha value is -2.19. The molecule has 0 radical (unpaired) electrons. The van der Waals surface area contributed by atoms with E-state index in [0.717, 1.165) is 6.07 Å². The number of rotatable bonds is 1. The smallest absolute Gasteiger partial charge is 0.399 e. The van der Waals surface area contributed by atoms with Crippen LogP contribution in [0.1, 0.15) is 11.1 Å². The van der Waals surface area contributed by atoms with Gasteiger partial charge in [0.1, 0.15) is 0 Å². The molecule has 0 fully saturated rings. The minimum atomic E-state index is -4.65. The van der Waals surface area contributed by atoms with E-state index in [0.29, 0.717) is 29.2 Å². The molecule has 3 nitrogen and oxygen atoms in total. The summed E-state index contributed by atoms with van der Waals surface area (Å²) in [6.45, 7) is 0. The average Bonchev–Trinajstić information content (AvgIpc) is 2.75. The molecule has 0 spiro atoms. The van der Waals surface area contributed by atoms with E-state index in [9.17, 15) is 26.3 Å². The minimum Gasteiger partial charge on any atom is -0.399 e. The van der Waals surface area contributed by atoms with Crippen molar-refractivity contribution in [2.75, 3.05) is 5.73 Å². The second kappa shape index (κ2) is 4.43. The molecule has 0 aliphatic rings. The first-order valence-corrected chi connectivity index (χ1v) is 5.17. The average molecular weight is 295 g/mol. The number of benzene rings is 1. The summed E-state index contributed by atoms with van der Waals surface area (Å²) < 4.78 is 75.7. The summed E-state index contributed by atoms with van der Waals surface area (Å²) >= 11 is 0. The summed E-state index contributed by atoms with van der Waals surface area (Å²) in [5, 5.41) is 3.39. The first-order valence-electron chi connectivity index (χ1n) is 5.17. The summed E-state index contributed by atoms with van der Waals surface area (Å²) in [6.07, 6.45) is -8.15. The zero-order chi connectivity index (χ0) is 15.1. The Balaban J connectivity index is 2.48. The van der Waals surface area contributed by atoms with E-state index < -0.39 is 23.5 Å². The molecule has 0 atom stereocenters. The van der Waals surface area contributed by atoms with Crippen LogP contribution in [0.3, 0.4) is 0 Å². The highest BCUT2D eigenvalue weighted by Crippen LogP contribution is 2.33. The van der Waals surface area contributed by atoms with Gasteiger partial charge in [-0.3, -0.25) is 0 Å². The van der Waals surface area contributed by atoms with Crippen LogP contribution in [0.25, 0.3) is 5.69 Å². The van der Waals surface area contributed by atoms with Crippen molar-refractivity contribution in [3.63, 3.8) is 0 Å². The lowest BCUT2D eigenvalue weighted by Gasteiger charge is -2.10. The van der Waals surface area contributed by atoms with Gasteiger partial charge in [0.2, 0.25) is 0 Å². The van der Waals surface area contributed by atoms with Crippen LogP contribution in [0.4, 0.5) is 32.0 Å². The molecule has 2 rings (SSSR count). The third kappa shape index (κ3) is 2.86. The Bertz CT molecular complexity index is 626. The number of nitrogen functional groups attached to an aromatic ring is 1.